The number of fused-ring (bicyclic) bond motifs is 1. The summed E-state index contributed by atoms with van der Waals surface area (Å²) in [6.07, 6.45) is 4.84. The van der Waals surface area contributed by atoms with Crippen LogP contribution in [0, 0.1) is 11.8 Å². The second kappa shape index (κ2) is 12.7. The van der Waals surface area contributed by atoms with E-state index in [0.717, 1.165) is 17.1 Å². The Morgan fingerprint density at radius 2 is 1.85 bits per heavy atom. The summed E-state index contributed by atoms with van der Waals surface area (Å²) in [5.41, 5.74) is -0.563. The minimum absolute atomic E-state index is 0.00984. The zero-order valence-electron chi connectivity index (χ0n) is 30.1. The van der Waals surface area contributed by atoms with Gasteiger partial charge in [0.25, 0.3) is 5.91 Å². The average molecular weight is 732 g/mol. The summed E-state index contributed by atoms with van der Waals surface area (Å²) in [5.74, 6) is -0.648. The van der Waals surface area contributed by atoms with Crippen LogP contribution in [0.3, 0.4) is 0 Å². The third-order valence-electron chi connectivity index (χ3n) is 10.6. The minimum Gasteiger partial charge on any atom is -0.497 e. The number of aromatic nitrogens is 2. The number of carbonyl (C=O) groups excluding carboxylic acids is 3. The quantitative estimate of drug-likeness (QED) is 0.270. The number of carbonyl (C=O) groups is 3. The number of likely N-dealkylation sites (N-methyl/N-ethyl adjacent to an activating group) is 1. The van der Waals surface area contributed by atoms with Crippen molar-refractivity contribution < 1.29 is 37.0 Å². The van der Waals surface area contributed by atoms with Gasteiger partial charge in [0.15, 0.2) is 0 Å². The molecule has 3 heterocycles. The number of likely N-dealkylation sites (tertiary alicyclic amines) is 1. The Labute approximate surface area is 303 Å². The molecule has 4 aliphatic rings. The van der Waals surface area contributed by atoms with Gasteiger partial charge in [0.1, 0.15) is 34.8 Å². The Kier molecular flexibility index (Phi) is 8.74. The van der Waals surface area contributed by atoms with E-state index in [4.69, 9.17) is 19.2 Å². The monoisotopic (exact) mass is 731 g/mol. The van der Waals surface area contributed by atoms with E-state index >= 15 is 0 Å². The first-order valence-corrected chi connectivity index (χ1v) is 19.1. The van der Waals surface area contributed by atoms with Crippen LogP contribution in [0.15, 0.2) is 61.3 Å². The zero-order valence-corrected chi connectivity index (χ0v) is 30.9. The van der Waals surface area contributed by atoms with Crippen LogP contribution >= 0.6 is 0 Å². The Morgan fingerprint density at radius 1 is 1.10 bits per heavy atom. The van der Waals surface area contributed by atoms with Crippen LogP contribution in [-0.4, -0.2) is 94.2 Å². The molecule has 14 heteroatoms. The number of nitrogens with zero attached hydrogens (tertiary/aromatic N) is 4. The molecule has 0 radical (unpaired) electrons. The number of sulfonamides is 1. The minimum atomic E-state index is -3.95. The van der Waals surface area contributed by atoms with Crippen LogP contribution < -0.4 is 14.8 Å². The van der Waals surface area contributed by atoms with Crippen molar-refractivity contribution in [2.45, 2.75) is 87.3 Å². The summed E-state index contributed by atoms with van der Waals surface area (Å²) in [4.78, 5) is 52.5. The molecular formula is C38H45N5O8S. The van der Waals surface area contributed by atoms with E-state index in [2.05, 4.69) is 16.9 Å². The topological polar surface area (TPSA) is 157 Å². The number of rotatable bonds is 11. The van der Waals surface area contributed by atoms with Gasteiger partial charge in [-0.15, -0.1) is 6.58 Å². The van der Waals surface area contributed by atoms with Gasteiger partial charge in [-0.3, -0.25) is 19.5 Å². The molecule has 4 fully saturated rings. The molecule has 2 aromatic heterocycles. The van der Waals surface area contributed by atoms with Gasteiger partial charge in [-0.1, -0.05) is 12.1 Å². The van der Waals surface area contributed by atoms with Crippen LogP contribution in [0.4, 0.5) is 4.79 Å². The zero-order chi connectivity index (χ0) is 37.2. The van der Waals surface area contributed by atoms with E-state index < -0.39 is 61.9 Å². The summed E-state index contributed by atoms with van der Waals surface area (Å²) in [6.45, 7) is 9.05. The van der Waals surface area contributed by atoms with Crippen LogP contribution in [0.5, 0.6) is 11.5 Å². The maximum atomic E-state index is 14.3. The largest absolute Gasteiger partial charge is 0.497 e. The number of benzene rings is 1. The van der Waals surface area contributed by atoms with Crippen LogP contribution in [0.1, 0.15) is 59.3 Å². The van der Waals surface area contributed by atoms with Crippen molar-refractivity contribution in [1.82, 2.24) is 24.5 Å². The second-order valence-electron chi connectivity index (χ2n) is 15.4. The van der Waals surface area contributed by atoms with Crippen molar-refractivity contribution in [2.75, 3.05) is 20.7 Å². The Balaban J connectivity index is 1.17. The van der Waals surface area contributed by atoms with Crippen molar-refractivity contribution in [3.63, 3.8) is 0 Å². The maximum Gasteiger partial charge on any atom is 0.411 e. The maximum absolute atomic E-state index is 14.3. The number of pyridine rings is 2. The molecule has 1 aliphatic heterocycles. The van der Waals surface area contributed by atoms with Gasteiger partial charge in [-0.25, -0.2) is 22.5 Å². The number of ether oxygens (including phenoxy) is 3. The SMILES string of the molecule is C=CC1CC1(NC(=O)C1CC(Oc2cc(-c3ccccn3)nc3cc(OC)ccc23)CN1C(=O)OC(C)(C)C)C(=O)N(C)S(=O)(=O)C1(C2CC2)CC1. The molecular weight excluding hydrogens is 687 g/mol. The molecule has 4 unspecified atom stereocenters. The molecule has 3 saturated carbocycles. The van der Waals surface area contributed by atoms with Gasteiger partial charge in [0, 0.05) is 43.1 Å². The first-order valence-electron chi connectivity index (χ1n) is 17.7. The first kappa shape index (κ1) is 35.7. The lowest BCUT2D eigenvalue weighted by Gasteiger charge is -2.31. The van der Waals surface area contributed by atoms with Crippen molar-refractivity contribution in [2.24, 2.45) is 11.8 Å². The lowest BCUT2D eigenvalue weighted by Crippen LogP contribution is -2.58. The Morgan fingerprint density at radius 3 is 2.44 bits per heavy atom. The van der Waals surface area contributed by atoms with Crippen LogP contribution in [0.25, 0.3) is 22.3 Å². The second-order valence-corrected chi connectivity index (χ2v) is 17.7. The fraction of sp³-hybridized carbons (Fsp3) is 0.500. The van der Waals surface area contributed by atoms with Crippen molar-refractivity contribution in [3.05, 3.63) is 61.3 Å². The summed E-state index contributed by atoms with van der Waals surface area (Å²) in [5, 5.41) is 3.57. The molecule has 1 aromatic carbocycles. The standard InChI is InChI=1S/C38H45N5O8S/c1-7-23-21-38(23,34(45)42(5)52(47,48)37(15-16-37)24-11-12-24)41-33(44)31-19-26(22-43(31)35(46)51-36(2,3)4)50-32-20-30(28-10-8-9-17-39-28)40-29-18-25(49-6)13-14-27(29)32/h7-10,13-14,17-18,20,23-24,26,31H,1,11-12,15-16,19,21-22H2,2-6H3,(H,41,44). The van der Waals surface area contributed by atoms with E-state index in [-0.39, 0.29) is 25.3 Å². The van der Waals surface area contributed by atoms with Crippen molar-refractivity contribution in [3.8, 4) is 22.9 Å². The first-order chi connectivity index (χ1) is 24.6. The molecule has 3 aliphatic carbocycles. The lowest BCUT2D eigenvalue weighted by molar-refractivity contribution is -0.135. The van der Waals surface area contributed by atoms with Crippen molar-refractivity contribution in [1.29, 1.82) is 0 Å². The molecule has 4 atom stereocenters. The van der Waals surface area contributed by atoms with E-state index in [1.165, 1.54) is 11.9 Å². The van der Waals surface area contributed by atoms with Gasteiger partial charge in [-0.2, -0.15) is 0 Å². The molecule has 0 bridgehead atoms. The van der Waals surface area contributed by atoms with Gasteiger partial charge in [-0.05, 0) is 83.1 Å². The molecule has 3 amide bonds. The normalized spacial score (nSPS) is 24.9. The van der Waals surface area contributed by atoms with Crippen LogP contribution in [0.2, 0.25) is 0 Å². The Bertz CT molecular complexity index is 2040. The molecule has 7 rings (SSSR count). The highest BCUT2D eigenvalue weighted by atomic mass is 32.2. The summed E-state index contributed by atoms with van der Waals surface area (Å²) in [7, 11) is -1.10. The highest BCUT2D eigenvalue weighted by Gasteiger charge is 2.68. The molecule has 52 heavy (non-hydrogen) atoms. The average Bonchev–Trinajstić information content (AvgIpc) is 4.01. The van der Waals surface area contributed by atoms with Crippen molar-refractivity contribution >= 4 is 38.8 Å². The highest BCUT2D eigenvalue weighted by Crippen LogP contribution is 2.60. The molecule has 276 valence electrons. The molecule has 0 spiro atoms. The molecule has 13 nitrogen and oxygen atoms in total. The van der Waals surface area contributed by atoms with Crippen LogP contribution in [-0.2, 0) is 24.3 Å². The highest BCUT2D eigenvalue weighted by molar-refractivity contribution is 7.91. The number of amides is 3. The molecule has 1 saturated heterocycles. The number of hydrogen-bond donors (Lipinski definition) is 1. The number of methoxy groups -OCH3 is 1. The van der Waals surface area contributed by atoms with E-state index in [0.29, 0.717) is 46.6 Å². The van der Waals surface area contributed by atoms with E-state index in [9.17, 15) is 22.8 Å². The summed E-state index contributed by atoms with van der Waals surface area (Å²) < 4.78 is 45.2. The van der Waals surface area contributed by atoms with Gasteiger partial charge >= 0.3 is 6.09 Å². The third-order valence-corrected chi connectivity index (χ3v) is 13.3. The Hall–Kier alpha value is -4.72. The predicted octanol–water partition coefficient (Wildman–Crippen LogP) is 4.85. The summed E-state index contributed by atoms with van der Waals surface area (Å²) >= 11 is 0. The van der Waals surface area contributed by atoms with E-state index in [1.807, 2.05) is 24.3 Å². The third kappa shape index (κ3) is 6.35. The lowest BCUT2D eigenvalue weighted by atomic mass is 10.1. The number of nitrogens with one attached hydrogen (secondary N) is 1. The van der Waals surface area contributed by atoms with Gasteiger partial charge < -0.3 is 19.5 Å². The van der Waals surface area contributed by atoms with Gasteiger partial charge in [0.05, 0.1) is 35.3 Å². The fourth-order valence-electron chi connectivity index (χ4n) is 7.47. The summed E-state index contributed by atoms with van der Waals surface area (Å²) in [6, 6.07) is 11.6. The van der Waals surface area contributed by atoms with Gasteiger partial charge in [0.2, 0.25) is 15.9 Å². The van der Waals surface area contributed by atoms with E-state index in [1.54, 1.807) is 58.4 Å². The predicted molar refractivity (Wildman–Crippen MR) is 193 cm³/mol. The fourth-order valence-corrected chi connectivity index (χ4v) is 9.67. The smallest absolute Gasteiger partial charge is 0.411 e. The number of hydrogen-bond acceptors (Lipinski definition) is 10. The molecule has 1 N–H and O–H groups in total. The molecule has 3 aromatic rings.